The molecular weight excluding hydrogens is 239 g/mol. The first-order chi connectivity index (χ1) is 9.33. The molecule has 0 unspecified atom stereocenters. The van der Waals surface area contributed by atoms with Gasteiger partial charge in [0.1, 0.15) is 5.82 Å². The van der Waals surface area contributed by atoms with Gasteiger partial charge in [-0.2, -0.15) is 0 Å². The molecule has 3 heteroatoms. The Hall–Kier alpha value is -1.87. The fourth-order valence-corrected chi connectivity index (χ4v) is 2.50. The molecule has 2 nitrogen and oxygen atoms in total. The Bertz CT molecular complexity index is 551. The zero-order valence-corrected chi connectivity index (χ0v) is 10.8. The molecule has 98 valence electrons. The van der Waals surface area contributed by atoms with E-state index in [9.17, 15) is 4.39 Å². The molecule has 1 aliphatic heterocycles. The van der Waals surface area contributed by atoms with E-state index in [1.165, 1.54) is 23.4 Å². The molecule has 0 bridgehead atoms. The third-order valence-electron chi connectivity index (χ3n) is 3.49. The number of anilines is 1. The molecule has 1 heterocycles. The summed E-state index contributed by atoms with van der Waals surface area (Å²) >= 11 is 0. The fourth-order valence-electron chi connectivity index (χ4n) is 2.50. The molecule has 1 N–H and O–H groups in total. The summed E-state index contributed by atoms with van der Waals surface area (Å²) in [5.74, 6) is -0.179. The Morgan fingerprint density at radius 2 is 1.84 bits per heavy atom. The normalized spacial score (nSPS) is 14.9. The second-order valence-electron chi connectivity index (χ2n) is 4.85. The van der Waals surface area contributed by atoms with Crippen molar-refractivity contribution in [1.82, 2.24) is 5.32 Å². The van der Waals surface area contributed by atoms with E-state index in [1.807, 2.05) is 12.1 Å². The first-order valence-electron chi connectivity index (χ1n) is 6.61. The lowest BCUT2D eigenvalue weighted by atomic mass is 10.1. The third kappa shape index (κ3) is 2.76. The standard InChI is InChI=1S/C16H17FN2/c17-15-7-5-13(6-8-15)12-19-10-9-18-11-14-3-1-2-4-16(14)19/h1-8,18H,9-12H2. The highest BCUT2D eigenvalue weighted by molar-refractivity contribution is 5.54. The summed E-state index contributed by atoms with van der Waals surface area (Å²) in [5.41, 5.74) is 3.73. The number of hydrogen-bond acceptors (Lipinski definition) is 2. The van der Waals surface area contributed by atoms with Gasteiger partial charge in [-0.05, 0) is 29.3 Å². The van der Waals surface area contributed by atoms with Crippen LogP contribution in [0.1, 0.15) is 11.1 Å². The highest BCUT2D eigenvalue weighted by Crippen LogP contribution is 2.23. The molecule has 0 spiro atoms. The summed E-state index contributed by atoms with van der Waals surface area (Å²) in [6.07, 6.45) is 0. The van der Waals surface area contributed by atoms with Crippen LogP contribution in [0.5, 0.6) is 0 Å². The molecule has 0 radical (unpaired) electrons. The molecule has 19 heavy (non-hydrogen) atoms. The fraction of sp³-hybridized carbons (Fsp3) is 0.250. The minimum absolute atomic E-state index is 0.179. The maximum absolute atomic E-state index is 12.9. The van der Waals surface area contributed by atoms with E-state index in [-0.39, 0.29) is 5.82 Å². The van der Waals surface area contributed by atoms with Crippen LogP contribution in [0.25, 0.3) is 0 Å². The van der Waals surface area contributed by atoms with Gasteiger partial charge in [0.05, 0.1) is 0 Å². The lowest BCUT2D eigenvalue weighted by Crippen LogP contribution is -2.28. The van der Waals surface area contributed by atoms with Gasteiger partial charge in [-0.3, -0.25) is 0 Å². The van der Waals surface area contributed by atoms with Gasteiger partial charge in [0.25, 0.3) is 0 Å². The van der Waals surface area contributed by atoms with Crippen LogP contribution in [0.2, 0.25) is 0 Å². The van der Waals surface area contributed by atoms with Crippen molar-refractivity contribution in [3.05, 3.63) is 65.5 Å². The molecule has 0 fully saturated rings. The van der Waals surface area contributed by atoms with E-state index in [1.54, 1.807) is 0 Å². The number of rotatable bonds is 2. The van der Waals surface area contributed by atoms with Crippen LogP contribution < -0.4 is 10.2 Å². The SMILES string of the molecule is Fc1ccc(CN2CCNCc3ccccc32)cc1. The highest BCUT2D eigenvalue weighted by atomic mass is 19.1. The van der Waals surface area contributed by atoms with Crippen molar-refractivity contribution < 1.29 is 4.39 Å². The van der Waals surface area contributed by atoms with E-state index in [0.29, 0.717) is 0 Å². The van der Waals surface area contributed by atoms with Gasteiger partial charge in [-0.25, -0.2) is 4.39 Å². The minimum atomic E-state index is -0.179. The molecule has 0 saturated heterocycles. The van der Waals surface area contributed by atoms with Crippen LogP contribution in [0, 0.1) is 5.82 Å². The summed E-state index contributed by atoms with van der Waals surface area (Å²) < 4.78 is 12.9. The van der Waals surface area contributed by atoms with Gasteiger partial charge in [0, 0.05) is 31.9 Å². The van der Waals surface area contributed by atoms with Crippen LogP contribution in [0.4, 0.5) is 10.1 Å². The monoisotopic (exact) mass is 256 g/mol. The van der Waals surface area contributed by atoms with Gasteiger partial charge >= 0.3 is 0 Å². The topological polar surface area (TPSA) is 15.3 Å². The average molecular weight is 256 g/mol. The van der Waals surface area contributed by atoms with Gasteiger partial charge in [-0.15, -0.1) is 0 Å². The minimum Gasteiger partial charge on any atom is -0.366 e. The van der Waals surface area contributed by atoms with Gasteiger partial charge in [-0.1, -0.05) is 30.3 Å². The maximum atomic E-state index is 12.9. The largest absolute Gasteiger partial charge is 0.366 e. The third-order valence-corrected chi connectivity index (χ3v) is 3.49. The molecule has 0 amide bonds. The molecule has 2 aromatic carbocycles. The van der Waals surface area contributed by atoms with Crippen molar-refractivity contribution in [2.75, 3.05) is 18.0 Å². The quantitative estimate of drug-likeness (QED) is 0.888. The zero-order valence-electron chi connectivity index (χ0n) is 10.8. The van der Waals surface area contributed by atoms with E-state index in [4.69, 9.17) is 0 Å². The van der Waals surface area contributed by atoms with Crippen LogP contribution in [-0.4, -0.2) is 13.1 Å². The van der Waals surface area contributed by atoms with E-state index < -0.39 is 0 Å². The molecule has 3 rings (SSSR count). The molecule has 0 atom stereocenters. The number of halogens is 1. The van der Waals surface area contributed by atoms with E-state index >= 15 is 0 Å². The Kier molecular flexibility index (Phi) is 3.47. The summed E-state index contributed by atoms with van der Waals surface area (Å²) in [5, 5.41) is 3.43. The smallest absolute Gasteiger partial charge is 0.123 e. The maximum Gasteiger partial charge on any atom is 0.123 e. The zero-order chi connectivity index (χ0) is 13.1. The summed E-state index contributed by atoms with van der Waals surface area (Å²) in [4.78, 5) is 2.35. The lowest BCUT2D eigenvalue weighted by Gasteiger charge is -2.24. The second-order valence-corrected chi connectivity index (χ2v) is 4.85. The lowest BCUT2D eigenvalue weighted by molar-refractivity contribution is 0.626. The van der Waals surface area contributed by atoms with Gasteiger partial charge in [0.15, 0.2) is 0 Å². The van der Waals surface area contributed by atoms with Crippen LogP contribution in [0.15, 0.2) is 48.5 Å². The summed E-state index contributed by atoms with van der Waals surface area (Å²) in [6.45, 7) is 3.67. The molecule has 0 aromatic heterocycles. The Morgan fingerprint density at radius 1 is 1.05 bits per heavy atom. The predicted molar refractivity (Wildman–Crippen MR) is 75.6 cm³/mol. The Morgan fingerprint density at radius 3 is 2.68 bits per heavy atom. The second kappa shape index (κ2) is 5.41. The number of nitrogens with zero attached hydrogens (tertiary/aromatic N) is 1. The highest BCUT2D eigenvalue weighted by Gasteiger charge is 2.14. The van der Waals surface area contributed by atoms with Crippen molar-refractivity contribution in [2.24, 2.45) is 0 Å². The predicted octanol–water partition coefficient (Wildman–Crippen LogP) is 2.94. The van der Waals surface area contributed by atoms with E-state index in [2.05, 4.69) is 34.5 Å². The molecule has 2 aromatic rings. The van der Waals surface area contributed by atoms with Crippen LogP contribution in [0.3, 0.4) is 0 Å². The number of hydrogen-bond donors (Lipinski definition) is 1. The first-order valence-corrected chi connectivity index (χ1v) is 6.61. The van der Waals surface area contributed by atoms with Crippen LogP contribution in [-0.2, 0) is 13.1 Å². The Balaban J connectivity index is 1.86. The molecular formula is C16H17FN2. The van der Waals surface area contributed by atoms with Crippen molar-refractivity contribution in [2.45, 2.75) is 13.1 Å². The van der Waals surface area contributed by atoms with Crippen molar-refractivity contribution in [1.29, 1.82) is 0 Å². The molecule has 0 aliphatic carbocycles. The number of fused-ring (bicyclic) bond motifs is 1. The van der Waals surface area contributed by atoms with E-state index in [0.717, 1.165) is 31.7 Å². The van der Waals surface area contributed by atoms with Gasteiger partial charge < -0.3 is 10.2 Å². The number of para-hydroxylation sites is 1. The summed E-state index contributed by atoms with van der Waals surface area (Å²) in [7, 11) is 0. The summed E-state index contributed by atoms with van der Waals surface area (Å²) in [6, 6.07) is 15.2. The van der Waals surface area contributed by atoms with Gasteiger partial charge in [0.2, 0.25) is 0 Å². The van der Waals surface area contributed by atoms with Crippen LogP contribution >= 0.6 is 0 Å². The van der Waals surface area contributed by atoms with Crippen molar-refractivity contribution in [3.8, 4) is 0 Å². The average Bonchev–Trinajstić information content (AvgIpc) is 2.64. The molecule has 0 saturated carbocycles. The molecule has 1 aliphatic rings. The Labute approximate surface area is 112 Å². The number of benzene rings is 2. The van der Waals surface area contributed by atoms with Crippen molar-refractivity contribution >= 4 is 5.69 Å². The number of nitrogens with one attached hydrogen (secondary N) is 1. The van der Waals surface area contributed by atoms with Crippen molar-refractivity contribution in [3.63, 3.8) is 0 Å². The first kappa shape index (κ1) is 12.2.